The molecular weight excluding hydrogens is 321 g/mol. The minimum Gasteiger partial charge on any atom is -0.351 e. The van der Waals surface area contributed by atoms with E-state index in [4.69, 9.17) is 16.1 Å². The van der Waals surface area contributed by atoms with E-state index in [2.05, 4.69) is 31.4 Å². The Morgan fingerprint density at radius 1 is 1.50 bits per heavy atom. The van der Waals surface area contributed by atoms with Crippen LogP contribution in [0.2, 0.25) is 5.02 Å². The van der Waals surface area contributed by atoms with E-state index in [0.29, 0.717) is 29.4 Å². The average molecular weight is 331 g/mol. The van der Waals surface area contributed by atoms with Gasteiger partial charge in [0.15, 0.2) is 6.33 Å². The normalized spacial score (nSPS) is 10.3. The summed E-state index contributed by atoms with van der Waals surface area (Å²) in [6, 6.07) is 5.11. The molecule has 0 atom stereocenters. The summed E-state index contributed by atoms with van der Waals surface area (Å²) in [5, 5.41) is 6.62. The maximum atomic E-state index is 11.9. The Bertz CT molecular complexity index is 545. The summed E-state index contributed by atoms with van der Waals surface area (Å²) in [6.07, 6.45) is 1.81. The van der Waals surface area contributed by atoms with Gasteiger partial charge in [-0.1, -0.05) is 32.7 Å². The third kappa shape index (κ3) is 3.30. The predicted octanol–water partition coefficient (Wildman–Crippen LogP) is 2.46. The Hall–Kier alpha value is -1.40. The number of hydrogen-bond donors (Lipinski definition) is 1. The molecule has 1 heterocycles. The van der Waals surface area contributed by atoms with Crippen LogP contribution in [0.15, 0.2) is 33.5 Å². The van der Waals surface area contributed by atoms with Crippen LogP contribution in [0.5, 0.6) is 0 Å². The van der Waals surface area contributed by atoms with Crippen LogP contribution in [0.25, 0.3) is 0 Å². The number of hydrogen-bond acceptors (Lipinski definition) is 4. The Morgan fingerprint density at radius 2 is 2.33 bits per heavy atom. The van der Waals surface area contributed by atoms with Crippen molar-refractivity contribution >= 4 is 33.4 Å². The summed E-state index contributed by atoms with van der Waals surface area (Å²) in [5.41, 5.74) is 0.427. The van der Waals surface area contributed by atoms with Gasteiger partial charge >= 0.3 is 0 Å². The quantitative estimate of drug-likeness (QED) is 0.935. The van der Waals surface area contributed by atoms with Gasteiger partial charge in [-0.3, -0.25) is 4.79 Å². The van der Waals surface area contributed by atoms with Gasteiger partial charge in [0.2, 0.25) is 5.89 Å². The first kappa shape index (κ1) is 13.0. The SMILES string of the molecule is O=C(NCCc1ncno1)c1cc(Br)ccc1Cl. The lowest BCUT2D eigenvalue weighted by molar-refractivity contribution is 0.0953. The molecule has 2 rings (SSSR count). The molecule has 94 valence electrons. The van der Waals surface area contributed by atoms with Crippen molar-refractivity contribution in [3.8, 4) is 0 Å². The van der Waals surface area contributed by atoms with Crippen molar-refractivity contribution in [2.24, 2.45) is 0 Å². The highest BCUT2D eigenvalue weighted by Gasteiger charge is 2.10. The molecule has 0 aliphatic rings. The molecule has 0 aliphatic heterocycles. The number of amides is 1. The van der Waals surface area contributed by atoms with E-state index >= 15 is 0 Å². The van der Waals surface area contributed by atoms with Crippen LogP contribution >= 0.6 is 27.5 Å². The van der Waals surface area contributed by atoms with Crippen LogP contribution in [0.1, 0.15) is 16.2 Å². The van der Waals surface area contributed by atoms with Gasteiger partial charge in [0.25, 0.3) is 5.91 Å². The summed E-state index contributed by atoms with van der Waals surface area (Å²) in [6.45, 7) is 0.407. The first-order chi connectivity index (χ1) is 8.66. The van der Waals surface area contributed by atoms with Crippen LogP contribution in [-0.4, -0.2) is 22.6 Å². The molecule has 2 aromatic rings. The maximum Gasteiger partial charge on any atom is 0.252 e. The number of carbonyl (C=O) groups excluding carboxylic acids is 1. The van der Waals surface area contributed by atoms with Crippen molar-refractivity contribution in [3.63, 3.8) is 0 Å². The monoisotopic (exact) mass is 329 g/mol. The van der Waals surface area contributed by atoms with Gasteiger partial charge in [-0.15, -0.1) is 0 Å². The highest BCUT2D eigenvalue weighted by atomic mass is 79.9. The van der Waals surface area contributed by atoms with Gasteiger partial charge in [-0.2, -0.15) is 4.98 Å². The summed E-state index contributed by atoms with van der Waals surface area (Å²) in [4.78, 5) is 15.7. The fraction of sp³-hybridized carbons (Fsp3) is 0.182. The first-order valence-electron chi connectivity index (χ1n) is 5.15. The largest absolute Gasteiger partial charge is 0.351 e. The molecule has 0 bridgehead atoms. The van der Waals surface area contributed by atoms with Crippen LogP contribution in [0.4, 0.5) is 0 Å². The number of carbonyl (C=O) groups is 1. The lowest BCUT2D eigenvalue weighted by atomic mass is 10.2. The van der Waals surface area contributed by atoms with Crippen molar-refractivity contribution in [2.45, 2.75) is 6.42 Å². The van der Waals surface area contributed by atoms with Crippen molar-refractivity contribution in [2.75, 3.05) is 6.54 Å². The molecule has 1 aromatic carbocycles. The summed E-state index contributed by atoms with van der Waals surface area (Å²) < 4.78 is 5.62. The third-order valence-corrected chi connectivity index (χ3v) is 3.03. The molecule has 1 aromatic heterocycles. The summed E-state index contributed by atoms with van der Waals surface area (Å²) >= 11 is 9.24. The van der Waals surface area contributed by atoms with E-state index in [1.54, 1.807) is 18.2 Å². The molecule has 0 saturated heterocycles. The third-order valence-electron chi connectivity index (χ3n) is 2.20. The van der Waals surface area contributed by atoms with Crippen molar-refractivity contribution in [1.82, 2.24) is 15.5 Å². The molecule has 7 heteroatoms. The number of halogens is 2. The van der Waals surface area contributed by atoms with Crippen LogP contribution in [0.3, 0.4) is 0 Å². The number of aromatic nitrogens is 2. The zero-order valence-electron chi connectivity index (χ0n) is 9.19. The molecular formula is C11H9BrClN3O2. The smallest absolute Gasteiger partial charge is 0.252 e. The predicted molar refractivity (Wildman–Crippen MR) is 69.5 cm³/mol. The zero-order valence-corrected chi connectivity index (χ0v) is 11.5. The Labute approximate surface area is 117 Å². The standard InChI is InChI=1S/C11H9BrClN3O2/c12-7-1-2-9(13)8(5-7)11(17)14-4-3-10-15-6-16-18-10/h1-2,5-6H,3-4H2,(H,14,17). The highest BCUT2D eigenvalue weighted by Crippen LogP contribution is 2.20. The van der Waals surface area contributed by atoms with Gasteiger partial charge in [0, 0.05) is 17.4 Å². The van der Waals surface area contributed by atoms with Crippen LogP contribution in [0, 0.1) is 0 Å². The number of nitrogens with zero attached hydrogens (tertiary/aromatic N) is 2. The fourth-order valence-corrected chi connectivity index (χ4v) is 1.92. The molecule has 1 N–H and O–H groups in total. The molecule has 18 heavy (non-hydrogen) atoms. The number of nitrogens with one attached hydrogen (secondary N) is 1. The molecule has 0 aliphatic carbocycles. The van der Waals surface area contributed by atoms with Crippen LogP contribution < -0.4 is 5.32 Å². The van der Waals surface area contributed by atoms with Gasteiger partial charge in [0.1, 0.15) is 0 Å². The number of rotatable bonds is 4. The number of benzene rings is 1. The second-order valence-electron chi connectivity index (χ2n) is 3.47. The molecule has 0 fully saturated rings. The molecule has 0 unspecified atom stereocenters. The first-order valence-corrected chi connectivity index (χ1v) is 6.32. The molecule has 0 radical (unpaired) electrons. The second kappa shape index (κ2) is 5.97. The zero-order chi connectivity index (χ0) is 13.0. The minimum atomic E-state index is -0.235. The van der Waals surface area contributed by atoms with Crippen molar-refractivity contribution in [3.05, 3.63) is 45.5 Å². The lowest BCUT2D eigenvalue weighted by Gasteiger charge is -2.05. The molecule has 0 spiro atoms. The lowest BCUT2D eigenvalue weighted by Crippen LogP contribution is -2.26. The van der Waals surface area contributed by atoms with E-state index in [9.17, 15) is 4.79 Å². The molecule has 5 nitrogen and oxygen atoms in total. The Kier molecular flexibility index (Phi) is 4.33. The van der Waals surface area contributed by atoms with Gasteiger partial charge < -0.3 is 9.84 Å². The topological polar surface area (TPSA) is 68.0 Å². The second-order valence-corrected chi connectivity index (χ2v) is 4.79. The van der Waals surface area contributed by atoms with E-state index in [1.807, 2.05) is 0 Å². The van der Waals surface area contributed by atoms with E-state index < -0.39 is 0 Å². The Morgan fingerprint density at radius 3 is 3.06 bits per heavy atom. The van der Waals surface area contributed by atoms with E-state index in [1.165, 1.54) is 6.33 Å². The summed E-state index contributed by atoms with van der Waals surface area (Å²) in [5.74, 6) is 0.247. The van der Waals surface area contributed by atoms with Crippen molar-refractivity contribution < 1.29 is 9.32 Å². The van der Waals surface area contributed by atoms with Gasteiger partial charge in [0.05, 0.1) is 10.6 Å². The molecule has 1 amide bonds. The minimum absolute atomic E-state index is 0.235. The fourth-order valence-electron chi connectivity index (χ4n) is 1.36. The van der Waals surface area contributed by atoms with E-state index in [-0.39, 0.29) is 5.91 Å². The van der Waals surface area contributed by atoms with Gasteiger partial charge in [-0.25, -0.2) is 0 Å². The molecule has 0 saturated carbocycles. The van der Waals surface area contributed by atoms with Gasteiger partial charge in [-0.05, 0) is 18.2 Å². The van der Waals surface area contributed by atoms with Crippen LogP contribution in [-0.2, 0) is 6.42 Å². The maximum absolute atomic E-state index is 11.9. The van der Waals surface area contributed by atoms with E-state index in [0.717, 1.165) is 4.47 Å². The Balaban J connectivity index is 1.93. The highest BCUT2D eigenvalue weighted by molar-refractivity contribution is 9.10. The average Bonchev–Trinajstić information content (AvgIpc) is 2.85. The summed E-state index contributed by atoms with van der Waals surface area (Å²) in [7, 11) is 0. The van der Waals surface area contributed by atoms with Crippen molar-refractivity contribution in [1.29, 1.82) is 0 Å².